The molecule has 0 bridgehead atoms. The molecule has 0 saturated heterocycles. The molecule has 6 nitrogen and oxygen atoms in total. The Hall–Kier alpha value is -2.70. The summed E-state index contributed by atoms with van der Waals surface area (Å²) in [6, 6.07) is 9.46. The Balaban J connectivity index is 1.68. The van der Waals surface area contributed by atoms with Crippen molar-refractivity contribution in [1.29, 1.82) is 0 Å². The van der Waals surface area contributed by atoms with Crippen molar-refractivity contribution in [3.05, 3.63) is 57.2 Å². The summed E-state index contributed by atoms with van der Waals surface area (Å²) in [5, 5.41) is 11.9. The lowest BCUT2D eigenvalue weighted by molar-refractivity contribution is -0.118. The predicted molar refractivity (Wildman–Crippen MR) is 132 cm³/mol. The molecule has 1 aliphatic carbocycles. The summed E-state index contributed by atoms with van der Waals surface area (Å²) in [6.07, 6.45) is 2.35. The van der Waals surface area contributed by atoms with E-state index < -0.39 is 0 Å². The molecule has 8 heteroatoms. The first-order valence-corrected chi connectivity index (χ1v) is 11.7. The molecule has 1 aromatic heterocycles. The van der Waals surface area contributed by atoms with Gasteiger partial charge in [0.15, 0.2) is 0 Å². The van der Waals surface area contributed by atoms with Crippen LogP contribution in [-0.2, 0) is 17.6 Å². The monoisotopic (exact) mass is 487 g/mol. The number of nitrogens with zero attached hydrogens (tertiary/aromatic N) is 1. The molecule has 1 aliphatic rings. The molecule has 0 fully saturated rings. The molecule has 0 spiro atoms. The predicted octanol–water partition coefficient (Wildman–Crippen LogP) is 6.27. The van der Waals surface area contributed by atoms with Gasteiger partial charge in [0.2, 0.25) is 5.91 Å². The Morgan fingerprint density at radius 2 is 1.82 bits per heavy atom. The summed E-state index contributed by atoms with van der Waals surface area (Å²) in [7, 11) is 3.15. The number of hydrogen-bond acceptors (Lipinski definition) is 4. The maximum absolute atomic E-state index is 12.3. The van der Waals surface area contributed by atoms with Crippen LogP contribution >= 0.6 is 23.2 Å². The van der Waals surface area contributed by atoms with Gasteiger partial charge >= 0.3 is 0 Å². The number of carbonyl (C=O) groups is 1. The summed E-state index contributed by atoms with van der Waals surface area (Å²) in [5.74, 6) is 1.03. The lowest BCUT2D eigenvalue weighted by Gasteiger charge is -2.26. The molecule has 1 atom stereocenters. The number of nitrogens with one attached hydrogen (secondary N) is 2. The summed E-state index contributed by atoms with van der Waals surface area (Å²) >= 11 is 13.3. The third-order valence-corrected chi connectivity index (χ3v) is 6.91. The van der Waals surface area contributed by atoms with Crippen LogP contribution in [0.3, 0.4) is 0 Å². The van der Waals surface area contributed by atoms with Crippen LogP contribution in [0, 0.1) is 5.92 Å². The molecular weight excluding hydrogens is 461 g/mol. The number of fused-ring (bicyclic) bond motifs is 1. The maximum Gasteiger partial charge on any atom is 0.226 e. The van der Waals surface area contributed by atoms with Crippen molar-refractivity contribution in [2.75, 3.05) is 19.5 Å². The number of ether oxygens (including phenoxy) is 2. The Bertz CT molecular complexity index is 1160. The average molecular weight is 488 g/mol. The molecule has 4 rings (SSSR count). The number of halogens is 2. The standard InChI is InChI=1S/C25H27Cl2N3O3/c1-13(2)25(31)28-17-8-6-5-7-15(17)24-16-10-9-14(11-18(16)29-30-24)21-22(26)19(32-3)12-20(33-4)23(21)27/h5-8,12-14H,9-11H2,1-4H3,(H,28,31)(H,29,30)/t14-/m1/s1. The highest BCUT2D eigenvalue weighted by Gasteiger charge is 2.31. The highest BCUT2D eigenvalue weighted by Crippen LogP contribution is 2.48. The second-order valence-corrected chi connectivity index (χ2v) is 9.24. The van der Waals surface area contributed by atoms with E-state index in [2.05, 4.69) is 15.5 Å². The molecule has 0 radical (unpaired) electrons. The summed E-state index contributed by atoms with van der Waals surface area (Å²) < 4.78 is 10.9. The quantitative estimate of drug-likeness (QED) is 0.429. The Kier molecular flexibility index (Phi) is 6.86. The minimum Gasteiger partial charge on any atom is -0.495 e. The van der Waals surface area contributed by atoms with E-state index in [-0.39, 0.29) is 17.7 Å². The van der Waals surface area contributed by atoms with Crippen LogP contribution in [0.1, 0.15) is 43.0 Å². The smallest absolute Gasteiger partial charge is 0.226 e. The minimum atomic E-state index is -0.110. The molecule has 33 heavy (non-hydrogen) atoms. The molecule has 0 unspecified atom stereocenters. The Morgan fingerprint density at radius 3 is 2.45 bits per heavy atom. The molecule has 3 aromatic rings. The summed E-state index contributed by atoms with van der Waals surface area (Å²) in [4.78, 5) is 12.3. The van der Waals surface area contributed by atoms with Crippen LogP contribution in [0.15, 0.2) is 30.3 Å². The van der Waals surface area contributed by atoms with Gasteiger partial charge in [0, 0.05) is 34.4 Å². The van der Waals surface area contributed by atoms with Gasteiger partial charge in [-0.05, 0) is 31.2 Å². The van der Waals surface area contributed by atoms with Crippen molar-refractivity contribution in [3.63, 3.8) is 0 Å². The highest BCUT2D eigenvalue weighted by atomic mass is 35.5. The molecule has 2 N–H and O–H groups in total. The molecule has 174 valence electrons. The van der Waals surface area contributed by atoms with E-state index in [1.54, 1.807) is 20.3 Å². The fraction of sp³-hybridized carbons (Fsp3) is 0.360. The zero-order valence-corrected chi connectivity index (χ0v) is 20.6. The number of benzene rings is 2. The third-order valence-electron chi connectivity index (χ3n) is 6.13. The van der Waals surface area contributed by atoms with Crippen LogP contribution < -0.4 is 14.8 Å². The molecule has 2 aromatic carbocycles. The number of aromatic nitrogens is 2. The van der Waals surface area contributed by atoms with E-state index in [9.17, 15) is 4.79 Å². The lowest BCUT2D eigenvalue weighted by atomic mass is 9.81. The number of hydrogen-bond donors (Lipinski definition) is 2. The van der Waals surface area contributed by atoms with Crippen LogP contribution in [0.4, 0.5) is 5.69 Å². The van der Waals surface area contributed by atoms with Crippen molar-refractivity contribution in [2.45, 2.75) is 39.0 Å². The molecule has 0 saturated carbocycles. The van der Waals surface area contributed by atoms with Gasteiger partial charge in [-0.2, -0.15) is 5.10 Å². The zero-order valence-electron chi connectivity index (χ0n) is 19.1. The molecular formula is C25H27Cl2N3O3. The van der Waals surface area contributed by atoms with Crippen LogP contribution in [0.25, 0.3) is 11.3 Å². The van der Waals surface area contributed by atoms with E-state index >= 15 is 0 Å². The summed E-state index contributed by atoms with van der Waals surface area (Å²) in [5.41, 5.74) is 5.56. The van der Waals surface area contributed by atoms with Crippen molar-refractivity contribution in [1.82, 2.24) is 10.2 Å². The van der Waals surface area contributed by atoms with Crippen molar-refractivity contribution in [2.24, 2.45) is 5.92 Å². The topological polar surface area (TPSA) is 76.2 Å². The van der Waals surface area contributed by atoms with E-state index in [0.717, 1.165) is 46.6 Å². The maximum atomic E-state index is 12.3. The normalized spacial score (nSPS) is 15.3. The first-order valence-electron chi connectivity index (χ1n) is 10.9. The highest BCUT2D eigenvalue weighted by molar-refractivity contribution is 6.38. The van der Waals surface area contributed by atoms with Gasteiger partial charge in [0.25, 0.3) is 0 Å². The number of carbonyl (C=O) groups excluding carboxylic acids is 1. The van der Waals surface area contributed by atoms with E-state index in [1.807, 2.05) is 38.1 Å². The van der Waals surface area contributed by atoms with Crippen LogP contribution in [-0.4, -0.2) is 30.3 Å². The van der Waals surface area contributed by atoms with Gasteiger partial charge < -0.3 is 14.8 Å². The number of methoxy groups -OCH3 is 2. The summed E-state index contributed by atoms with van der Waals surface area (Å²) in [6.45, 7) is 3.75. The number of rotatable bonds is 6. The van der Waals surface area contributed by atoms with Crippen LogP contribution in [0.2, 0.25) is 10.0 Å². The first kappa shape index (κ1) is 23.5. The van der Waals surface area contributed by atoms with Gasteiger partial charge in [0.05, 0.1) is 35.6 Å². The van der Waals surface area contributed by atoms with Gasteiger partial charge in [0.1, 0.15) is 11.5 Å². The van der Waals surface area contributed by atoms with E-state index in [0.29, 0.717) is 28.0 Å². The molecule has 0 aliphatic heterocycles. The second kappa shape index (κ2) is 9.65. The molecule has 1 amide bonds. The number of H-pyrrole nitrogens is 1. The number of aromatic amines is 1. The Labute approximate surface area is 203 Å². The van der Waals surface area contributed by atoms with Crippen molar-refractivity contribution < 1.29 is 14.3 Å². The van der Waals surface area contributed by atoms with Gasteiger partial charge in [-0.1, -0.05) is 55.2 Å². The number of amides is 1. The zero-order chi connectivity index (χ0) is 23.7. The largest absolute Gasteiger partial charge is 0.495 e. The second-order valence-electron chi connectivity index (χ2n) is 8.48. The van der Waals surface area contributed by atoms with E-state index in [1.165, 1.54) is 0 Å². The average Bonchev–Trinajstić information content (AvgIpc) is 3.23. The van der Waals surface area contributed by atoms with E-state index in [4.69, 9.17) is 32.7 Å². The fourth-order valence-electron chi connectivity index (χ4n) is 4.31. The number of anilines is 1. The fourth-order valence-corrected chi connectivity index (χ4v) is 5.12. The minimum absolute atomic E-state index is 0.0248. The Morgan fingerprint density at radius 1 is 1.15 bits per heavy atom. The van der Waals surface area contributed by atoms with Crippen LogP contribution in [0.5, 0.6) is 11.5 Å². The van der Waals surface area contributed by atoms with Gasteiger partial charge in [-0.25, -0.2) is 0 Å². The third kappa shape index (κ3) is 4.42. The van der Waals surface area contributed by atoms with Crippen molar-refractivity contribution >= 4 is 34.8 Å². The molecule has 1 heterocycles. The van der Waals surface area contributed by atoms with Crippen molar-refractivity contribution in [3.8, 4) is 22.8 Å². The lowest BCUT2D eigenvalue weighted by Crippen LogP contribution is -2.18. The SMILES string of the molecule is COc1cc(OC)c(Cl)c([C@@H]2CCc3c(-c4ccccc4NC(=O)C(C)C)n[nH]c3C2)c1Cl. The number of para-hydroxylation sites is 1. The first-order chi connectivity index (χ1) is 15.8. The van der Waals surface area contributed by atoms with Gasteiger partial charge in [-0.15, -0.1) is 0 Å². The van der Waals surface area contributed by atoms with Gasteiger partial charge in [-0.3, -0.25) is 9.89 Å².